The summed E-state index contributed by atoms with van der Waals surface area (Å²) in [5.41, 5.74) is 0. The van der Waals surface area contributed by atoms with Crippen molar-refractivity contribution in [2.24, 2.45) is 16.0 Å². The molecule has 8 nitrogen and oxygen atoms in total. The second-order valence-corrected chi connectivity index (χ2v) is 3.08. The maximum Gasteiger partial charge on any atom is 0.372 e. The molecule has 0 rings (SSSR count). The number of quaternary nitrogens is 1. The summed E-state index contributed by atoms with van der Waals surface area (Å²) in [7, 11) is -4.37. The first-order chi connectivity index (χ1) is 5.45. The largest absolute Gasteiger partial charge is 0.606 e. The van der Waals surface area contributed by atoms with Crippen LogP contribution in [0.25, 0.3) is 0 Å². The van der Waals surface area contributed by atoms with Gasteiger partial charge in [-0.25, -0.2) is 13.6 Å². The Kier molecular flexibility index (Phi) is 3.45. The number of hydrogen-bond donors (Lipinski definition) is 2. The summed E-state index contributed by atoms with van der Waals surface area (Å²) in [5.74, 6) is 4.60. The maximum absolute atomic E-state index is 10.7. The molecule has 0 heterocycles. The van der Waals surface area contributed by atoms with Gasteiger partial charge in [0.15, 0.2) is 0 Å². The maximum atomic E-state index is 10.7. The lowest BCUT2D eigenvalue weighted by atomic mass is 11.3. The molecule has 0 aliphatic heterocycles. The van der Waals surface area contributed by atoms with Crippen molar-refractivity contribution in [2.75, 3.05) is 0 Å². The molecule has 1 atom stereocenters. The molecule has 0 spiro atoms. The van der Waals surface area contributed by atoms with E-state index in [2.05, 4.69) is 22.8 Å². The molecule has 0 aliphatic carbocycles. The van der Waals surface area contributed by atoms with Gasteiger partial charge in [-0.3, -0.25) is 0 Å². The molecule has 0 aromatic carbocycles. The molecule has 0 radical (unpaired) electrons. The van der Waals surface area contributed by atoms with Crippen molar-refractivity contribution < 1.29 is 13.6 Å². The Bertz CT molecular complexity index is 335. The van der Waals surface area contributed by atoms with Gasteiger partial charge in [-0.15, -0.1) is 0 Å². The predicted octanol–water partition coefficient (Wildman–Crippen LogP) is -2.89. The predicted molar refractivity (Wildman–Crippen MR) is 40.0 cm³/mol. The van der Waals surface area contributed by atoms with Crippen LogP contribution in [0.1, 0.15) is 0 Å². The number of nitrogens with one attached hydrogen (secondary N) is 1. The number of nitrogens with zero attached hydrogens (tertiary/aromatic N) is 3. The molecule has 0 saturated carbocycles. The highest BCUT2D eigenvalue weighted by Crippen LogP contribution is 1.85. The molecule has 9 heteroatoms. The summed E-state index contributed by atoms with van der Waals surface area (Å²) in [6, 6.07) is 0. The second kappa shape index (κ2) is 3.88. The molecule has 66 valence electrons. The van der Waals surface area contributed by atoms with Crippen molar-refractivity contribution in [3.8, 4) is 5.40 Å². The average molecular weight is 191 g/mol. The van der Waals surface area contributed by atoms with E-state index in [1.807, 2.05) is 0 Å². The number of hydroxylamine groups is 1. The highest BCUT2D eigenvalue weighted by Gasteiger charge is 2.25. The lowest BCUT2D eigenvalue weighted by Crippen LogP contribution is -3.16. The zero-order valence-corrected chi connectivity index (χ0v) is 6.58. The van der Waals surface area contributed by atoms with Gasteiger partial charge in [0, 0.05) is 6.72 Å². The van der Waals surface area contributed by atoms with E-state index in [1.165, 1.54) is 0 Å². The molecule has 3 N–H and O–H groups in total. The van der Waals surface area contributed by atoms with Gasteiger partial charge in [0.05, 0.1) is 0 Å². The summed E-state index contributed by atoms with van der Waals surface area (Å²) in [6.45, 7) is 2.81. The fourth-order valence-corrected chi connectivity index (χ4v) is 0.859. The van der Waals surface area contributed by atoms with Gasteiger partial charge in [0.1, 0.15) is 0 Å². The molecule has 0 bridgehead atoms. The summed E-state index contributed by atoms with van der Waals surface area (Å²) < 4.78 is 21.3. The van der Waals surface area contributed by atoms with Crippen LogP contribution in [0.5, 0.6) is 0 Å². The van der Waals surface area contributed by atoms with Crippen LogP contribution in [0.2, 0.25) is 0 Å². The minimum atomic E-state index is -4.37. The van der Waals surface area contributed by atoms with Crippen LogP contribution in [-0.4, -0.2) is 20.3 Å². The van der Waals surface area contributed by atoms with Crippen LogP contribution in [0, 0.1) is 15.9 Å². The Morgan fingerprint density at radius 1 is 1.75 bits per heavy atom. The number of nitrogens with two attached hydrogens (primary N) is 1. The lowest BCUT2D eigenvalue weighted by Gasteiger charge is -2.11. The van der Waals surface area contributed by atoms with Crippen LogP contribution < -0.4 is 11.0 Å². The monoisotopic (exact) mass is 191 g/mol. The lowest BCUT2D eigenvalue weighted by molar-refractivity contribution is -0.757. The van der Waals surface area contributed by atoms with Gasteiger partial charge in [-0.1, -0.05) is 5.10 Å². The van der Waals surface area contributed by atoms with E-state index >= 15 is 0 Å². The van der Waals surface area contributed by atoms with Gasteiger partial charge >= 0.3 is 15.0 Å². The minimum Gasteiger partial charge on any atom is -0.606 e. The van der Waals surface area contributed by atoms with Crippen molar-refractivity contribution in [2.45, 2.75) is 0 Å². The van der Waals surface area contributed by atoms with Gasteiger partial charge in [-0.2, -0.15) is 16.2 Å². The fraction of sp³-hybridized carbons (Fsp3) is 0. The molecule has 0 aromatic heterocycles. The average Bonchev–Trinajstić information content (AvgIpc) is 1.99. The number of sulfone groups is 1. The van der Waals surface area contributed by atoms with Gasteiger partial charge in [-0.05, 0) is 0 Å². The number of nitriles is 1. The van der Waals surface area contributed by atoms with E-state index in [9.17, 15) is 13.6 Å². The standard InChI is InChI=1S/C3H5N5O3S/c1-6-7-3(8(5)9)12(10,11)2-4/h8H,1,5H2/b7-3+. The first kappa shape index (κ1) is 10.7. The molecule has 0 fully saturated rings. The van der Waals surface area contributed by atoms with Crippen LogP contribution in [0.3, 0.4) is 0 Å². The first-order valence-corrected chi connectivity index (χ1v) is 3.93. The number of hydrogen-bond acceptors (Lipinski definition) is 7. The Morgan fingerprint density at radius 2 is 2.25 bits per heavy atom. The second-order valence-electron chi connectivity index (χ2n) is 1.51. The summed E-state index contributed by atoms with van der Waals surface area (Å²) in [4.78, 5) is 0. The molecular formula is C3H5N5O3S. The highest BCUT2D eigenvalue weighted by atomic mass is 32.2. The van der Waals surface area contributed by atoms with Crippen molar-refractivity contribution in [1.82, 2.24) is 0 Å². The van der Waals surface area contributed by atoms with Crippen molar-refractivity contribution in [3.05, 3.63) is 5.21 Å². The van der Waals surface area contributed by atoms with E-state index in [1.54, 1.807) is 0 Å². The molecule has 12 heavy (non-hydrogen) atoms. The molecule has 0 amide bonds. The van der Waals surface area contributed by atoms with E-state index in [0.717, 1.165) is 5.40 Å². The van der Waals surface area contributed by atoms with E-state index in [4.69, 9.17) is 5.26 Å². The molecule has 0 aromatic rings. The first-order valence-electron chi connectivity index (χ1n) is 2.45. The van der Waals surface area contributed by atoms with E-state index < -0.39 is 20.2 Å². The topological polar surface area (TPSA) is 136 Å². The Morgan fingerprint density at radius 3 is 2.50 bits per heavy atom. The summed E-state index contributed by atoms with van der Waals surface area (Å²) >= 11 is 0. The van der Waals surface area contributed by atoms with Gasteiger partial charge < -0.3 is 5.21 Å². The summed E-state index contributed by atoms with van der Waals surface area (Å²) in [6.07, 6.45) is 0. The molecule has 0 saturated heterocycles. The van der Waals surface area contributed by atoms with Crippen LogP contribution in [0.15, 0.2) is 10.2 Å². The Labute approximate surface area is 68.1 Å². The van der Waals surface area contributed by atoms with Crippen LogP contribution in [-0.2, 0) is 9.84 Å². The Hall–Kier alpha value is -1.34. The van der Waals surface area contributed by atoms with Crippen LogP contribution in [0.4, 0.5) is 0 Å². The normalized spacial score (nSPS) is 14.9. The minimum absolute atomic E-state index is 0.860. The number of amidine groups is 1. The number of thiocyanates is 1. The van der Waals surface area contributed by atoms with E-state index in [0.29, 0.717) is 0 Å². The smallest absolute Gasteiger partial charge is 0.372 e. The fourth-order valence-electron chi connectivity index (χ4n) is 0.343. The van der Waals surface area contributed by atoms with Crippen molar-refractivity contribution in [1.29, 1.82) is 5.26 Å². The highest BCUT2D eigenvalue weighted by molar-refractivity contribution is 8.09. The third-order valence-electron chi connectivity index (χ3n) is 0.747. The van der Waals surface area contributed by atoms with Crippen molar-refractivity contribution in [3.63, 3.8) is 0 Å². The quantitative estimate of drug-likeness (QED) is 0.114. The molecule has 0 aliphatic rings. The third kappa shape index (κ3) is 2.36. The van der Waals surface area contributed by atoms with Gasteiger partial charge in [0.2, 0.25) is 5.40 Å². The molecule has 1 unspecified atom stereocenters. The Balaban J connectivity index is 5.21. The molecular weight excluding hydrogens is 186 g/mol. The zero-order valence-electron chi connectivity index (χ0n) is 5.76. The zero-order chi connectivity index (χ0) is 9.78. The van der Waals surface area contributed by atoms with E-state index in [-0.39, 0.29) is 0 Å². The van der Waals surface area contributed by atoms with Gasteiger partial charge in [0.25, 0.3) is 0 Å². The van der Waals surface area contributed by atoms with Crippen LogP contribution >= 0.6 is 0 Å². The summed E-state index contributed by atoms with van der Waals surface area (Å²) in [5, 5.41) is 22.4. The third-order valence-corrected chi connectivity index (χ3v) is 1.78. The van der Waals surface area contributed by atoms with Crippen molar-refractivity contribution >= 4 is 21.7 Å². The number of rotatable bonds is 1. The SMILES string of the molecule is C=N/N=C(\[NH+](N)[O-])S(=O)(=O)C#N.